The first-order chi connectivity index (χ1) is 9.11. The molecule has 116 valence electrons. The molecule has 1 aliphatic heterocycles. The molecular formula is C12H22N2O5S. The third-order valence-electron chi connectivity index (χ3n) is 3.25. The predicted octanol–water partition coefficient (Wildman–Crippen LogP) is 0.460. The van der Waals surface area contributed by atoms with Gasteiger partial charge in [-0.1, -0.05) is 0 Å². The molecule has 8 heteroatoms. The monoisotopic (exact) mass is 306 g/mol. The number of nitrogens with zero attached hydrogens (tertiary/aromatic N) is 1. The molecule has 0 radical (unpaired) electrons. The van der Waals surface area contributed by atoms with Crippen LogP contribution in [0.25, 0.3) is 0 Å². The molecule has 7 nitrogen and oxygen atoms in total. The predicted molar refractivity (Wildman–Crippen MR) is 74.3 cm³/mol. The first-order valence-corrected chi connectivity index (χ1v) is 8.43. The maximum Gasteiger partial charge on any atom is 0.317 e. The summed E-state index contributed by atoms with van der Waals surface area (Å²) in [6.07, 6.45) is 0.729. The highest BCUT2D eigenvalue weighted by Crippen LogP contribution is 2.13. The third-order valence-corrected chi connectivity index (χ3v) is 4.97. The Morgan fingerprint density at radius 2 is 1.90 bits per heavy atom. The normalized spacial score (nSPS) is 19.2. The summed E-state index contributed by atoms with van der Waals surface area (Å²) in [4.78, 5) is 24.1. The lowest BCUT2D eigenvalue weighted by atomic mass is 9.99. The van der Waals surface area contributed by atoms with Crippen molar-refractivity contribution in [1.82, 2.24) is 10.2 Å². The molecule has 0 unspecified atom stereocenters. The van der Waals surface area contributed by atoms with Crippen molar-refractivity contribution < 1.29 is 23.1 Å². The highest BCUT2D eigenvalue weighted by Gasteiger charge is 2.27. The van der Waals surface area contributed by atoms with Crippen LogP contribution in [0.15, 0.2) is 0 Å². The number of sulfone groups is 1. The number of aliphatic carboxylic acids is 1. The average Bonchev–Trinajstić information content (AvgIpc) is 2.47. The van der Waals surface area contributed by atoms with Crippen LogP contribution >= 0.6 is 0 Å². The summed E-state index contributed by atoms with van der Waals surface area (Å²) in [5.74, 6) is -0.817. The van der Waals surface area contributed by atoms with Crippen LogP contribution in [-0.4, -0.2) is 60.6 Å². The number of rotatable bonds is 4. The first-order valence-electron chi connectivity index (χ1n) is 6.61. The van der Waals surface area contributed by atoms with E-state index in [0.717, 1.165) is 0 Å². The Morgan fingerprint density at radius 1 is 1.25 bits per heavy atom. The Morgan fingerprint density at radius 3 is 2.50 bits per heavy atom. The standard InChI is InChI=1S/C12H22N2O5S/c1-12(2,5-4-10(15)16)13-11(17)14-6-3-8-20(18,19)9-7-14/h3-9H2,1-2H3,(H,13,17)(H,15,16). The van der Waals surface area contributed by atoms with Gasteiger partial charge in [0.2, 0.25) is 0 Å². The molecule has 20 heavy (non-hydrogen) atoms. The minimum Gasteiger partial charge on any atom is -0.481 e. The number of carboxylic acids is 1. The molecule has 0 bridgehead atoms. The van der Waals surface area contributed by atoms with Crippen molar-refractivity contribution in [2.45, 2.75) is 38.6 Å². The van der Waals surface area contributed by atoms with E-state index in [4.69, 9.17) is 5.11 Å². The van der Waals surface area contributed by atoms with Gasteiger partial charge in [0.1, 0.15) is 0 Å². The second-order valence-electron chi connectivity index (χ2n) is 5.70. The van der Waals surface area contributed by atoms with Crippen LogP contribution in [0.1, 0.15) is 33.1 Å². The molecule has 0 aromatic heterocycles. The van der Waals surface area contributed by atoms with E-state index in [9.17, 15) is 18.0 Å². The van der Waals surface area contributed by atoms with Gasteiger partial charge < -0.3 is 15.3 Å². The maximum absolute atomic E-state index is 12.1. The Kier molecular flexibility index (Phi) is 5.38. The van der Waals surface area contributed by atoms with Crippen LogP contribution in [0.2, 0.25) is 0 Å². The molecule has 1 saturated heterocycles. The van der Waals surface area contributed by atoms with Crippen molar-refractivity contribution in [3.05, 3.63) is 0 Å². The zero-order valence-corrected chi connectivity index (χ0v) is 12.7. The second kappa shape index (κ2) is 6.43. The molecular weight excluding hydrogens is 284 g/mol. The topological polar surface area (TPSA) is 104 Å². The highest BCUT2D eigenvalue weighted by atomic mass is 32.2. The molecule has 1 heterocycles. The Balaban J connectivity index is 2.55. The van der Waals surface area contributed by atoms with Crippen molar-refractivity contribution >= 4 is 21.8 Å². The SMILES string of the molecule is CC(C)(CCC(=O)O)NC(=O)N1CCCS(=O)(=O)CC1. The van der Waals surface area contributed by atoms with Crippen LogP contribution in [0.3, 0.4) is 0 Å². The van der Waals surface area contributed by atoms with Crippen molar-refractivity contribution in [3.8, 4) is 0 Å². The van der Waals surface area contributed by atoms with Gasteiger partial charge in [0.25, 0.3) is 0 Å². The number of urea groups is 1. The lowest BCUT2D eigenvalue weighted by Gasteiger charge is -2.30. The summed E-state index contributed by atoms with van der Waals surface area (Å²) in [6.45, 7) is 4.09. The van der Waals surface area contributed by atoms with Crippen molar-refractivity contribution in [1.29, 1.82) is 0 Å². The molecule has 0 spiro atoms. The highest BCUT2D eigenvalue weighted by molar-refractivity contribution is 7.91. The van der Waals surface area contributed by atoms with Gasteiger partial charge in [-0.3, -0.25) is 4.79 Å². The molecule has 1 aliphatic rings. The van der Waals surface area contributed by atoms with Crippen LogP contribution < -0.4 is 5.32 Å². The van der Waals surface area contributed by atoms with Gasteiger partial charge >= 0.3 is 12.0 Å². The number of amides is 2. The van der Waals surface area contributed by atoms with Crippen LogP contribution in [0.4, 0.5) is 4.79 Å². The van der Waals surface area contributed by atoms with Crippen LogP contribution in [0.5, 0.6) is 0 Å². The van der Waals surface area contributed by atoms with E-state index in [1.54, 1.807) is 13.8 Å². The van der Waals surface area contributed by atoms with Crippen molar-refractivity contribution in [3.63, 3.8) is 0 Å². The zero-order chi connectivity index (χ0) is 15.4. The van der Waals surface area contributed by atoms with Crippen molar-refractivity contribution in [2.24, 2.45) is 0 Å². The number of hydrogen-bond acceptors (Lipinski definition) is 4. The maximum atomic E-state index is 12.1. The summed E-state index contributed by atoms with van der Waals surface area (Å²) < 4.78 is 23.0. The minimum absolute atomic E-state index is 0.0179. The Hall–Kier alpha value is -1.31. The fourth-order valence-corrected chi connectivity index (χ4v) is 3.26. The van der Waals surface area contributed by atoms with Gasteiger partial charge in [0.05, 0.1) is 11.5 Å². The van der Waals surface area contributed by atoms with E-state index in [1.165, 1.54) is 4.90 Å². The summed E-state index contributed by atoms with van der Waals surface area (Å²) >= 11 is 0. The molecule has 0 aromatic rings. The smallest absolute Gasteiger partial charge is 0.317 e. The van der Waals surface area contributed by atoms with Crippen LogP contribution in [0, 0.1) is 0 Å². The van der Waals surface area contributed by atoms with Gasteiger partial charge in [-0.2, -0.15) is 0 Å². The van der Waals surface area contributed by atoms with Gasteiger partial charge in [-0.05, 0) is 26.7 Å². The van der Waals surface area contributed by atoms with Gasteiger partial charge in [-0.25, -0.2) is 13.2 Å². The van der Waals surface area contributed by atoms with Gasteiger partial charge in [0.15, 0.2) is 9.84 Å². The van der Waals surface area contributed by atoms with E-state index in [-0.39, 0.29) is 30.5 Å². The quantitative estimate of drug-likeness (QED) is 0.785. The van der Waals surface area contributed by atoms with E-state index in [0.29, 0.717) is 19.4 Å². The molecule has 0 saturated carbocycles. The number of hydrogen-bond donors (Lipinski definition) is 2. The summed E-state index contributed by atoms with van der Waals surface area (Å²) in [5, 5.41) is 11.4. The lowest BCUT2D eigenvalue weighted by molar-refractivity contribution is -0.137. The van der Waals surface area contributed by atoms with Crippen molar-refractivity contribution in [2.75, 3.05) is 24.6 Å². The molecule has 1 fully saturated rings. The Labute approximate surface area is 119 Å². The molecule has 1 rings (SSSR count). The van der Waals surface area contributed by atoms with Crippen LogP contribution in [-0.2, 0) is 14.6 Å². The molecule has 0 atom stereocenters. The summed E-state index contributed by atoms with van der Waals surface area (Å²) in [7, 11) is -3.05. The Bertz CT molecular complexity index is 472. The van der Waals surface area contributed by atoms with Gasteiger partial charge in [-0.15, -0.1) is 0 Å². The van der Waals surface area contributed by atoms with E-state index < -0.39 is 21.3 Å². The number of carboxylic acid groups (broad SMARTS) is 1. The fourth-order valence-electron chi connectivity index (χ4n) is 1.99. The average molecular weight is 306 g/mol. The van der Waals surface area contributed by atoms with E-state index in [1.807, 2.05) is 0 Å². The van der Waals surface area contributed by atoms with E-state index in [2.05, 4.69) is 5.32 Å². The number of nitrogens with one attached hydrogen (secondary N) is 1. The zero-order valence-electron chi connectivity index (χ0n) is 11.9. The number of carbonyl (C=O) groups is 2. The third kappa shape index (κ3) is 5.77. The molecule has 0 aromatic carbocycles. The molecule has 2 N–H and O–H groups in total. The summed E-state index contributed by atoms with van der Waals surface area (Å²) in [6, 6.07) is -0.336. The minimum atomic E-state index is -3.05. The first kappa shape index (κ1) is 16.7. The largest absolute Gasteiger partial charge is 0.481 e. The molecule has 2 amide bonds. The summed E-state index contributed by atoms with van der Waals surface area (Å²) in [5.41, 5.74) is -0.638. The lowest BCUT2D eigenvalue weighted by Crippen LogP contribution is -2.50. The van der Waals surface area contributed by atoms with Gasteiger partial charge in [0, 0.05) is 25.0 Å². The molecule has 0 aliphatic carbocycles. The second-order valence-corrected chi connectivity index (χ2v) is 8.00. The van der Waals surface area contributed by atoms with E-state index >= 15 is 0 Å². The number of carbonyl (C=O) groups excluding carboxylic acids is 1. The fraction of sp³-hybridized carbons (Fsp3) is 0.833.